The first-order valence-electron chi connectivity index (χ1n) is 20.6. The molecule has 6 aliphatic heterocycles. The van der Waals surface area contributed by atoms with Crippen molar-refractivity contribution in [2.75, 3.05) is 56.2 Å². The van der Waals surface area contributed by atoms with Crippen molar-refractivity contribution < 1.29 is 23.9 Å². The van der Waals surface area contributed by atoms with E-state index in [1.807, 2.05) is 41.3 Å². The van der Waals surface area contributed by atoms with Gasteiger partial charge in [-0.2, -0.15) is 5.26 Å². The number of fused-ring (bicyclic) bond motifs is 2. The Morgan fingerprint density at radius 3 is 2.28 bits per heavy atom. The van der Waals surface area contributed by atoms with E-state index >= 15 is 0 Å². The van der Waals surface area contributed by atoms with E-state index in [0.717, 1.165) is 87.3 Å². The lowest BCUT2D eigenvalue weighted by Crippen LogP contribution is -2.52. The molecule has 0 bridgehead atoms. The van der Waals surface area contributed by atoms with E-state index in [4.69, 9.17) is 16.3 Å². The summed E-state index contributed by atoms with van der Waals surface area (Å²) in [6.07, 6.45) is 5.40. The molecule has 12 nitrogen and oxygen atoms in total. The lowest BCUT2D eigenvalue weighted by Gasteiger charge is -2.43. The fourth-order valence-electron chi connectivity index (χ4n) is 10.6. The van der Waals surface area contributed by atoms with Crippen LogP contribution in [0.3, 0.4) is 0 Å². The number of benzene rings is 3. The Morgan fingerprint density at radius 2 is 1.60 bits per heavy atom. The highest BCUT2D eigenvalue weighted by Crippen LogP contribution is 2.46. The van der Waals surface area contributed by atoms with Crippen LogP contribution in [-0.2, 0) is 34.0 Å². The maximum Gasteiger partial charge on any atom is 0.255 e. The summed E-state index contributed by atoms with van der Waals surface area (Å²) < 4.78 is 6.21. The van der Waals surface area contributed by atoms with E-state index in [-0.39, 0.29) is 35.2 Å². The third kappa shape index (κ3) is 7.01. The van der Waals surface area contributed by atoms with Gasteiger partial charge in [-0.3, -0.25) is 29.4 Å². The van der Waals surface area contributed by atoms with Gasteiger partial charge in [0.15, 0.2) is 0 Å². The minimum absolute atomic E-state index is 0.0518. The molecule has 6 aliphatic rings. The smallest absolute Gasteiger partial charge is 0.255 e. The molecule has 3 aromatic rings. The normalized spacial score (nSPS) is 23.9. The number of nitriles is 1. The van der Waals surface area contributed by atoms with E-state index in [0.29, 0.717) is 60.4 Å². The molecule has 9 rings (SSSR count). The van der Waals surface area contributed by atoms with Gasteiger partial charge in [-0.05, 0) is 116 Å². The van der Waals surface area contributed by atoms with Crippen molar-refractivity contribution in [3.63, 3.8) is 0 Å². The summed E-state index contributed by atoms with van der Waals surface area (Å²) in [6.45, 7) is 9.01. The largest absolute Gasteiger partial charge is 0.377 e. The Kier molecular flexibility index (Phi) is 9.98. The first kappa shape index (κ1) is 38.6. The molecule has 58 heavy (non-hydrogen) atoms. The number of imide groups is 1. The van der Waals surface area contributed by atoms with Gasteiger partial charge in [-0.25, -0.2) is 0 Å². The Morgan fingerprint density at radius 1 is 0.897 bits per heavy atom. The second kappa shape index (κ2) is 15.0. The van der Waals surface area contributed by atoms with Crippen LogP contribution in [-0.4, -0.2) is 102 Å². The molecule has 1 N–H and O–H groups in total. The molecule has 4 amide bonds. The molecule has 0 radical (unpaired) electrons. The van der Waals surface area contributed by atoms with Crippen LogP contribution in [0.5, 0.6) is 0 Å². The van der Waals surface area contributed by atoms with Crippen molar-refractivity contribution in [2.45, 2.75) is 89.2 Å². The Bertz CT molecular complexity index is 2200. The standard InChI is InChI=1S/C45H50ClN7O5/c1-29-22-44(27-53(29)36-8-5-31(23-47)38(46)21-36)11-15-50(16-12-44)35-6-3-30(4-7-35)42(56)51-17-13-45(58-2,14-18-51)28-49-24-32-19-34-26-52(39-9-10-40(54)48-41(39)55)43(57)37(34)20-33(32)25-49/h3-8,19-21,29,39H,9-18,22,24-28H2,1-2H3,(H,48,54,55)/t29-,39?/m0/s1. The number of amides is 4. The molecular weight excluding hydrogens is 754 g/mol. The second-order valence-corrected chi connectivity index (χ2v) is 17.9. The molecule has 1 spiro atoms. The molecule has 3 aromatic carbocycles. The van der Waals surface area contributed by atoms with Crippen LogP contribution < -0.4 is 15.1 Å². The van der Waals surface area contributed by atoms with Crippen LogP contribution >= 0.6 is 11.6 Å². The fraction of sp³-hybridized carbons (Fsp3) is 0.489. The molecule has 13 heteroatoms. The molecule has 2 atom stereocenters. The quantitative estimate of drug-likeness (QED) is 0.308. The van der Waals surface area contributed by atoms with E-state index in [2.05, 4.69) is 51.2 Å². The van der Waals surface area contributed by atoms with Crippen LogP contribution in [0.1, 0.15) is 94.8 Å². The van der Waals surface area contributed by atoms with Gasteiger partial charge in [-0.1, -0.05) is 17.7 Å². The first-order chi connectivity index (χ1) is 28.0. The number of nitrogens with zero attached hydrogens (tertiary/aromatic N) is 6. The van der Waals surface area contributed by atoms with Crippen LogP contribution in [0.15, 0.2) is 54.6 Å². The Labute approximate surface area is 344 Å². The lowest BCUT2D eigenvalue weighted by atomic mass is 9.76. The number of carbonyl (C=O) groups is 4. The Hall–Kier alpha value is -4.96. The summed E-state index contributed by atoms with van der Waals surface area (Å²) >= 11 is 6.39. The number of nitrogens with one attached hydrogen (secondary N) is 1. The predicted octanol–water partition coefficient (Wildman–Crippen LogP) is 5.50. The molecule has 0 saturated carbocycles. The molecular formula is C45H50ClN7O5. The van der Waals surface area contributed by atoms with Gasteiger partial charge in [0, 0.05) is 101 Å². The van der Waals surface area contributed by atoms with Crippen molar-refractivity contribution in [1.29, 1.82) is 5.26 Å². The number of anilines is 2. The third-order valence-electron chi connectivity index (χ3n) is 14.0. The van der Waals surface area contributed by atoms with Crippen LogP contribution in [0.2, 0.25) is 5.02 Å². The highest BCUT2D eigenvalue weighted by Gasteiger charge is 2.45. The van der Waals surface area contributed by atoms with E-state index in [9.17, 15) is 24.4 Å². The average molecular weight is 804 g/mol. The first-order valence-corrected chi connectivity index (χ1v) is 21.0. The van der Waals surface area contributed by atoms with Gasteiger partial charge in [0.25, 0.3) is 11.8 Å². The number of hydrogen-bond donors (Lipinski definition) is 1. The topological polar surface area (TPSA) is 130 Å². The average Bonchev–Trinajstić information content (AvgIpc) is 3.88. The van der Waals surface area contributed by atoms with Crippen molar-refractivity contribution in [1.82, 2.24) is 20.0 Å². The zero-order chi connectivity index (χ0) is 40.3. The van der Waals surface area contributed by atoms with E-state index in [1.165, 1.54) is 5.56 Å². The molecule has 0 aliphatic carbocycles. The minimum Gasteiger partial charge on any atom is -0.377 e. The van der Waals surface area contributed by atoms with Gasteiger partial charge >= 0.3 is 0 Å². The number of piperidine rings is 3. The summed E-state index contributed by atoms with van der Waals surface area (Å²) in [4.78, 5) is 62.1. The van der Waals surface area contributed by atoms with Crippen LogP contribution in [0.4, 0.5) is 11.4 Å². The number of hydrogen-bond acceptors (Lipinski definition) is 9. The zero-order valence-corrected chi connectivity index (χ0v) is 34.0. The second-order valence-electron chi connectivity index (χ2n) is 17.5. The zero-order valence-electron chi connectivity index (χ0n) is 33.3. The van der Waals surface area contributed by atoms with Gasteiger partial charge in [0.2, 0.25) is 11.8 Å². The van der Waals surface area contributed by atoms with Crippen molar-refractivity contribution in [3.8, 4) is 6.07 Å². The maximum absolute atomic E-state index is 13.7. The number of ether oxygens (including phenoxy) is 1. The highest BCUT2D eigenvalue weighted by atomic mass is 35.5. The molecule has 302 valence electrons. The minimum atomic E-state index is -0.617. The van der Waals surface area contributed by atoms with Crippen molar-refractivity contribution in [3.05, 3.63) is 93.0 Å². The number of halogens is 1. The summed E-state index contributed by atoms with van der Waals surface area (Å²) in [5, 5.41) is 12.2. The SMILES string of the molecule is COC1(CN2Cc3cc4c(cc3C2)C(=O)N(C2CCC(=O)NC2=O)C4)CCN(C(=O)c2ccc(N3CCC4(CC3)C[C@H](C)N(c3ccc(C#N)c(Cl)c3)C4)cc2)CC1. The number of carbonyl (C=O) groups excluding carboxylic acids is 4. The van der Waals surface area contributed by atoms with Gasteiger partial charge in [0.1, 0.15) is 12.1 Å². The highest BCUT2D eigenvalue weighted by molar-refractivity contribution is 6.32. The number of methoxy groups -OCH3 is 1. The predicted molar refractivity (Wildman–Crippen MR) is 219 cm³/mol. The van der Waals surface area contributed by atoms with Gasteiger partial charge < -0.3 is 24.3 Å². The van der Waals surface area contributed by atoms with Gasteiger partial charge in [0.05, 0.1) is 16.2 Å². The summed E-state index contributed by atoms with van der Waals surface area (Å²) in [5.41, 5.74) is 7.21. The maximum atomic E-state index is 13.7. The summed E-state index contributed by atoms with van der Waals surface area (Å²) in [7, 11) is 1.77. The van der Waals surface area contributed by atoms with Crippen molar-refractivity contribution >= 4 is 46.6 Å². The van der Waals surface area contributed by atoms with E-state index < -0.39 is 11.9 Å². The third-order valence-corrected chi connectivity index (χ3v) is 14.3. The fourth-order valence-corrected chi connectivity index (χ4v) is 10.9. The van der Waals surface area contributed by atoms with Gasteiger partial charge in [-0.15, -0.1) is 0 Å². The van der Waals surface area contributed by atoms with Crippen LogP contribution in [0.25, 0.3) is 0 Å². The van der Waals surface area contributed by atoms with Crippen LogP contribution in [0, 0.1) is 16.7 Å². The molecule has 1 unspecified atom stereocenters. The number of rotatable bonds is 7. The summed E-state index contributed by atoms with van der Waals surface area (Å²) in [5.74, 6) is -0.777. The number of likely N-dealkylation sites (tertiary alicyclic amines) is 1. The molecule has 0 aromatic heterocycles. The monoisotopic (exact) mass is 803 g/mol. The summed E-state index contributed by atoms with van der Waals surface area (Å²) in [6, 6.07) is 20.0. The molecule has 4 saturated heterocycles. The van der Waals surface area contributed by atoms with Crippen molar-refractivity contribution in [2.24, 2.45) is 5.41 Å². The molecule has 4 fully saturated rings. The molecule has 6 heterocycles. The van der Waals surface area contributed by atoms with E-state index in [1.54, 1.807) is 12.0 Å². The Balaban J connectivity index is 0.763. The lowest BCUT2D eigenvalue weighted by molar-refractivity contribution is -0.136.